The van der Waals surface area contributed by atoms with Crippen LogP contribution in [0.1, 0.15) is 44.6 Å². The molecular formula is C16H23ClO2. The molecule has 3 heteroatoms. The molecule has 0 amide bonds. The summed E-state index contributed by atoms with van der Waals surface area (Å²) in [6.07, 6.45) is 5.77. The van der Waals surface area contributed by atoms with E-state index in [4.69, 9.17) is 16.3 Å². The first kappa shape index (κ1) is 14.7. The number of benzene rings is 1. The van der Waals surface area contributed by atoms with Crippen molar-refractivity contribution >= 4 is 11.6 Å². The fourth-order valence-electron chi connectivity index (χ4n) is 2.98. The molecule has 0 aliphatic heterocycles. The minimum Gasteiger partial charge on any atom is -0.496 e. The van der Waals surface area contributed by atoms with Crippen LogP contribution in [0.15, 0.2) is 18.2 Å². The van der Waals surface area contributed by atoms with Crippen molar-refractivity contribution in [3.05, 3.63) is 28.8 Å². The van der Waals surface area contributed by atoms with Crippen molar-refractivity contribution in [1.29, 1.82) is 0 Å². The van der Waals surface area contributed by atoms with E-state index in [9.17, 15) is 5.11 Å². The van der Waals surface area contributed by atoms with Gasteiger partial charge >= 0.3 is 0 Å². The Bertz CT molecular complexity index is 433. The Labute approximate surface area is 120 Å². The first-order valence-corrected chi connectivity index (χ1v) is 7.45. The predicted molar refractivity (Wildman–Crippen MR) is 78.9 cm³/mol. The van der Waals surface area contributed by atoms with Crippen molar-refractivity contribution in [3.63, 3.8) is 0 Å². The van der Waals surface area contributed by atoms with Crippen LogP contribution in [0.2, 0.25) is 5.02 Å². The highest BCUT2D eigenvalue weighted by Gasteiger charge is 2.31. The molecule has 1 aliphatic rings. The van der Waals surface area contributed by atoms with Crippen LogP contribution in [0.5, 0.6) is 5.75 Å². The maximum absolute atomic E-state index is 10.8. The third-order valence-electron chi connectivity index (χ3n) is 4.20. The van der Waals surface area contributed by atoms with E-state index in [0.717, 1.165) is 42.9 Å². The van der Waals surface area contributed by atoms with Gasteiger partial charge in [-0.05, 0) is 48.9 Å². The van der Waals surface area contributed by atoms with Gasteiger partial charge in [0.2, 0.25) is 0 Å². The van der Waals surface area contributed by atoms with Crippen LogP contribution >= 0.6 is 11.6 Å². The Hall–Kier alpha value is -0.730. The fraction of sp³-hybridized carbons (Fsp3) is 0.625. The smallest absolute Gasteiger partial charge is 0.122 e. The lowest BCUT2D eigenvalue weighted by Gasteiger charge is -2.27. The highest BCUT2D eigenvalue weighted by atomic mass is 35.5. The zero-order valence-electron chi connectivity index (χ0n) is 11.8. The van der Waals surface area contributed by atoms with Gasteiger partial charge in [0, 0.05) is 11.4 Å². The van der Waals surface area contributed by atoms with Gasteiger partial charge in [0.15, 0.2) is 0 Å². The third kappa shape index (κ3) is 3.87. The summed E-state index contributed by atoms with van der Waals surface area (Å²) in [5.74, 6) is 1.53. The number of methoxy groups -OCH3 is 1. The molecule has 0 saturated heterocycles. The summed E-state index contributed by atoms with van der Waals surface area (Å²) in [5, 5.41) is 11.5. The molecule has 0 spiro atoms. The SMILES string of the molecule is COc1ccc(Cl)cc1CC1(O)CCCC(C)CC1. The van der Waals surface area contributed by atoms with Crippen molar-refractivity contribution < 1.29 is 9.84 Å². The zero-order valence-corrected chi connectivity index (χ0v) is 12.5. The molecule has 1 aliphatic carbocycles. The molecule has 1 saturated carbocycles. The summed E-state index contributed by atoms with van der Waals surface area (Å²) in [6, 6.07) is 5.61. The number of hydrogen-bond acceptors (Lipinski definition) is 2. The molecule has 0 aromatic heterocycles. The molecule has 2 nitrogen and oxygen atoms in total. The van der Waals surface area contributed by atoms with E-state index in [1.807, 2.05) is 18.2 Å². The molecule has 0 bridgehead atoms. The quantitative estimate of drug-likeness (QED) is 0.841. The van der Waals surface area contributed by atoms with Gasteiger partial charge in [-0.25, -0.2) is 0 Å². The van der Waals surface area contributed by atoms with Crippen molar-refractivity contribution in [2.45, 2.75) is 51.0 Å². The van der Waals surface area contributed by atoms with Crippen LogP contribution in [0.3, 0.4) is 0 Å². The average molecular weight is 283 g/mol. The topological polar surface area (TPSA) is 29.5 Å². The van der Waals surface area contributed by atoms with Gasteiger partial charge < -0.3 is 9.84 Å². The Morgan fingerprint density at radius 3 is 2.89 bits per heavy atom. The standard InChI is InChI=1S/C16H23ClO2/c1-12-4-3-8-16(18,9-7-12)11-13-10-14(17)5-6-15(13)19-2/h5-6,10,12,18H,3-4,7-9,11H2,1-2H3. The van der Waals surface area contributed by atoms with E-state index in [2.05, 4.69) is 6.92 Å². The number of aliphatic hydroxyl groups is 1. The Morgan fingerprint density at radius 1 is 1.37 bits per heavy atom. The second kappa shape index (κ2) is 6.15. The number of rotatable bonds is 3. The summed E-state index contributed by atoms with van der Waals surface area (Å²) in [4.78, 5) is 0. The summed E-state index contributed by atoms with van der Waals surface area (Å²) >= 11 is 6.06. The molecule has 2 rings (SSSR count). The van der Waals surface area contributed by atoms with Gasteiger partial charge in [0.1, 0.15) is 5.75 Å². The maximum Gasteiger partial charge on any atom is 0.122 e. The van der Waals surface area contributed by atoms with Crippen LogP contribution in [0, 0.1) is 5.92 Å². The van der Waals surface area contributed by atoms with Crippen LogP contribution in [0.4, 0.5) is 0 Å². The molecular weight excluding hydrogens is 260 g/mol. The average Bonchev–Trinajstić information content (AvgIpc) is 2.52. The second-order valence-electron chi connectivity index (χ2n) is 5.89. The highest BCUT2D eigenvalue weighted by molar-refractivity contribution is 6.30. The monoisotopic (exact) mass is 282 g/mol. The van der Waals surface area contributed by atoms with E-state index in [1.54, 1.807) is 7.11 Å². The van der Waals surface area contributed by atoms with E-state index in [0.29, 0.717) is 11.4 Å². The minimum absolute atomic E-state index is 0.608. The van der Waals surface area contributed by atoms with Crippen molar-refractivity contribution in [1.82, 2.24) is 0 Å². The van der Waals surface area contributed by atoms with Crippen molar-refractivity contribution in [3.8, 4) is 5.75 Å². The Morgan fingerprint density at radius 2 is 2.16 bits per heavy atom. The first-order valence-electron chi connectivity index (χ1n) is 7.07. The maximum atomic E-state index is 10.8. The molecule has 1 fully saturated rings. The van der Waals surface area contributed by atoms with E-state index < -0.39 is 5.60 Å². The Kier molecular flexibility index (Phi) is 4.75. The van der Waals surface area contributed by atoms with Crippen LogP contribution < -0.4 is 4.74 Å². The summed E-state index contributed by atoms with van der Waals surface area (Å²) in [5.41, 5.74) is 0.398. The molecule has 19 heavy (non-hydrogen) atoms. The fourth-order valence-corrected chi connectivity index (χ4v) is 3.18. The molecule has 1 N–H and O–H groups in total. The largest absolute Gasteiger partial charge is 0.496 e. The molecule has 2 unspecified atom stereocenters. The van der Waals surface area contributed by atoms with Gasteiger partial charge in [-0.15, -0.1) is 0 Å². The van der Waals surface area contributed by atoms with Crippen molar-refractivity contribution in [2.75, 3.05) is 7.11 Å². The van der Waals surface area contributed by atoms with Gasteiger partial charge in [-0.1, -0.05) is 31.4 Å². The lowest BCUT2D eigenvalue weighted by atomic mass is 9.87. The number of halogens is 1. The number of hydrogen-bond donors (Lipinski definition) is 1. The zero-order chi connectivity index (χ0) is 13.9. The first-order chi connectivity index (χ1) is 9.02. The summed E-state index contributed by atoms with van der Waals surface area (Å²) in [7, 11) is 1.66. The van der Waals surface area contributed by atoms with E-state index in [1.165, 1.54) is 6.42 Å². The lowest BCUT2D eigenvalue weighted by Crippen LogP contribution is -2.30. The Balaban J connectivity index is 2.17. The van der Waals surface area contributed by atoms with E-state index in [-0.39, 0.29) is 0 Å². The van der Waals surface area contributed by atoms with Crippen molar-refractivity contribution in [2.24, 2.45) is 5.92 Å². The molecule has 2 atom stereocenters. The normalized spacial score (nSPS) is 27.9. The van der Waals surface area contributed by atoms with Crippen LogP contribution in [-0.4, -0.2) is 17.8 Å². The predicted octanol–water partition coefficient (Wildman–Crippen LogP) is 4.22. The van der Waals surface area contributed by atoms with Gasteiger partial charge in [0.05, 0.1) is 12.7 Å². The molecule has 1 aromatic carbocycles. The molecule has 0 heterocycles. The number of ether oxygens (including phenoxy) is 1. The van der Waals surface area contributed by atoms with Crippen LogP contribution in [0.25, 0.3) is 0 Å². The van der Waals surface area contributed by atoms with Gasteiger partial charge in [-0.2, -0.15) is 0 Å². The molecule has 1 aromatic rings. The summed E-state index contributed by atoms with van der Waals surface area (Å²) in [6.45, 7) is 2.27. The molecule has 106 valence electrons. The minimum atomic E-state index is -0.608. The van der Waals surface area contributed by atoms with Crippen LogP contribution in [-0.2, 0) is 6.42 Å². The van der Waals surface area contributed by atoms with Gasteiger partial charge in [-0.3, -0.25) is 0 Å². The third-order valence-corrected chi connectivity index (χ3v) is 4.44. The van der Waals surface area contributed by atoms with E-state index >= 15 is 0 Å². The van der Waals surface area contributed by atoms with Gasteiger partial charge in [0.25, 0.3) is 0 Å². The summed E-state index contributed by atoms with van der Waals surface area (Å²) < 4.78 is 5.37. The molecule has 0 radical (unpaired) electrons. The second-order valence-corrected chi connectivity index (χ2v) is 6.33. The highest BCUT2D eigenvalue weighted by Crippen LogP contribution is 2.35. The lowest BCUT2D eigenvalue weighted by molar-refractivity contribution is 0.0239.